The summed E-state index contributed by atoms with van der Waals surface area (Å²) in [5.74, 6) is 0.362. The Morgan fingerprint density at radius 2 is 1.75 bits per heavy atom. The summed E-state index contributed by atoms with van der Waals surface area (Å²) in [7, 11) is 0. The molecule has 16 heavy (non-hydrogen) atoms. The van der Waals surface area contributed by atoms with Crippen LogP contribution in [0.15, 0.2) is 0 Å². The van der Waals surface area contributed by atoms with Gasteiger partial charge in [0.25, 0.3) is 0 Å². The lowest BCUT2D eigenvalue weighted by atomic mass is 9.88. The van der Waals surface area contributed by atoms with Gasteiger partial charge in [0.15, 0.2) is 0 Å². The number of nitrogens with one attached hydrogen (secondary N) is 1. The van der Waals surface area contributed by atoms with E-state index in [0.29, 0.717) is 5.92 Å². The zero-order valence-corrected chi connectivity index (χ0v) is 11.5. The van der Waals surface area contributed by atoms with Crippen molar-refractivity contribution in [2.45, 2.75) is 54.0 Å². The fourth-order valence-electron chi connectivity index (χ4n) is 1.54. The number of rotatable bonds is 5. The number of amides is 1. The standard InChI is InChI=1S/C13H27NO2/c1-9(2)10(3)12(16)14-11(8-15)7-13(4,5)6/h9-11,15H,7-8H2,1-6H3,(H,14,16). The monoisotopic (exact) mass is 229 g/mol. The van der Waals surface area contributed by atoms with Gasteiger partial charge in [0.2, 0.25) is 5.91 Å². The quantitative estimate of drug-likeness (QED) is 0.759. The smallest absolute Gasteiger partial charge is 0.223 e. The zero-order valence-electron chi connectivity index (χ0n) is 11.5. The first kappa shape index (κ1) is 15.4. The molecule has 0 heterocycles. The van der Waals surface area contributed by atoms with Crippen LogP contribution in [0.3, 0.4) is 0 Å². The van der Waals surface area contributed by atoms with E-state index in [0.717, 1.165) is 6.42 Å². The predicted molar refractivity (Wildman–Crippen MR) is 67.1 cm³/mol. The molecule has 0 saturated carbocycles. The second-order valence-electron chi connectivity index (χ2n) is 6.19. The highest BCUT2D eigenvalue weighted by molar-refractivity contribution is 5.78. The number of aliphatic hydroxyl groups excluding tert-OH is 1. The topological polar surface area (TPSA) is 49.3 Å². The van der Waals surface area contributed by atoms with E-state index in [1.165, 1.54) is 0 Å². The molecule has 0 fully saturated rings. The minimum Gasteiger partial charge on any atom is -0.394 e. The van der Waals surface area contributed by atoms with E-state index in [-0.39, 0.29) is 29.9 Å². The van der Waals surface area contributed by atoms with E-state index in [1.54, 1.807) is 0 Å². The molecular weight excluding hydrogens is 202 g/mol. The Bertz CT molecular complexity index is 218. The van der Waals surface area contributed by atoms with Crippen molar-refractivity contribution >= 4 is 5.91 Å². The van der Waals surface area contributed by atoms with E-state index in [1.807, 2.05) is 20.8 Å². The Labute approximate surface area is 99.6 Å². The highest BCUT2D eigenvalue weighted by Crippen LogP contribution is 2.21. The summed E-state index contributed by atoms with van der Waals surface area (Å²) in [6, 6.07) is -0.131. The molecule has 0 aromatic heterocycles. The van der Waals surface area contributed by atoms with Crippen LogP contribution in [0.5, 0.6) is 0 Å². The van der Waals surface area contributed by atoms with Crippen molar-refractivity contribution in [2.24, 2.45) is 17.3 Å². The molecule has 2 atom stereocenters. The van der Waals surface area contributed by atoms with Crippen LogP contribution in [-0.2, 0) is 4.79 Å². The Balaban J connectivity index is 4.28. The van der Waals surface area contributed by atoms with Crippen LogP contribution in [0.25, 0.3) is 0 Å². The van der Waals surface area contributed by atoms with E-state index >= 15 is 0 Å². The average molecular weight is 229 g/mol. The van der Waals surface area contributed by atoms with Crippen LogP contribution in [0.1, 0.15) is 48.0 Å². The minimum absolute atomic E-state index is 0.00554. The highest BCUT2D eigenvalue weighted by atomic mass is 16.3. The Hall–Kier alpha value is -0.570. The molecule has 0 aliphatic carbocycles. The van der Waals surface area contributed by atoms with Crippen LogP contribution in [0, 0.1) is 17.3 Å². The van der Waals surface area contributed by atoms with Gasteiger partial charge in [-0.1, -0.05) is 41.5 Å². The van der Waals surface area contributed by atoms with E-state index < -0.39 is 0 Å². The van der Waals surface area contributed by atoms with E-state index in [2.05, 4.69) is 26.1 Å². The lowest BCUT2D eigenvalue weighted by Crippen LogP contribution is -2.43. The van der Waals surface area contributed by atoms with Gasteiger partial charge in [-0.05, 0) is 17.8 Å². The fraction of sp³-hybridized carbons (Fsp3) is 0.923. The van der Waals surface area contributed by atoms with Crippen molar-refractivity contribution in [1.82, 2.24) is 5.32 Å². The van der Waals surface area contributed by atoms with Crippen molar-refractivity contribution < 1.29 is 9.90 Å². The first-order valence-electron chi connectivity index (χ1n) is 6.08. The molecule has 0 radical (unpaired) electrons. The number of hydrogen-bond donors (Lipinski definition) is 2. The summed E-state index contributed by atoms with van der Waals surface area (Å²) in [4.78, 5) is 11.8. The molecule has 0 spiro atoms. The molecule has 0 aromatic rings. The summed E-state index contributed by atoms with van der Waals surface area (Å²) in [6.45, 7) is 12.3. The van der Waals surface area contributed by atoms with Gasteiger partial charge < -0.3 is 10.4 Å². The van der Waals surface area contributed by atoms with Crippen molar-refractivity contribution in [2.75, 3.05) is 6.61 Å². The third kappa shape index (κ3) is 6.11. The molecule has 96 valence electrons. The van der Waals surface area contributed by atoms with E-state index in [4.69, 9.17) is 0 Å². The molecule has 0 aliphatic rings. The maximum absolute atomic E-state index is 11.8. The summed E-state index contributed by atoms with van der Waals surface area (Å²) >= 11 is 0. The largest absolute Gasteiger partial charge is 0.394 e. The molecule has 0 saturated heterocycles. The number of carbonyl (C=O) groups excluding carboxylic acids is 1. The van der Waals surface area contributed by atoms with Gasteiger partial charge in [-0.15, -0.1) is 0 Å². The van der Waals surface area contributed by atoms with Crippen LogP contribution in [0.2, 0.25) is 0 Å². The molecule has 0 aliphatic heterocycles. The number of carbonyl (C=O) groups is 1. The Morgan fingerprint density at radius 3 is 2.06 bits per heavy atom. The van der Waals surface area contributed by atoms with Gasteiger partial charge >= 0.3 is 0 Å². The van der Waals surface area contributed by atoms with Crippen LogP contribution >= 0.6 is 0 Å². The number of hydrogen-bond acceptors (Lipinski definition) is 2. The SMILES string of the molecule is CC(C)C(C)C(=O)NC(CO)CC(C)(C)C. The van der Waals surface area contributed by atoms with Crippen molar-refractivity contribution in [3.8, 4) is 0 Å². The van der Waals surface area contributed by atoms with Crippen LogP contribution < -0.4 is 5.32 Å². The molecule has 2 N–H and O–H groups in total. The van der Waals surface area contributed by atoms with Gasteiger partial charge in [-0.3, -0.25) is 4.79 Å². The summed E-state index contributed by atoms with van der Waals surface area (Å²) in [5, 5.41) is 12.2. The maximum atomic E-state index is 11.8. The second-order valence-corrected chi connectivity index (χ2v) is 6.19. The minimum atomic E-state index is -0.131. The van der Waals surface area contributed by atoms with Crippen LogP contribution in [-0.4, -0.2) is 23.7 Å². The van der Waals surface area contributed by atoms with E-state index in [9.17, 15) is 9.90 Å². The second kappa shape index (κ2) is 6.24. The highest BCUT2D eigenvalue weighted by Gasteiger charge is 2.23. The molecule has 3 nitrogen and oxygen atoms in total. The van der Waals surface area contributed by atoms with Gasteiger partial charge in [-0.2, -0.15) is 0 Å². The normalized spacial score (nSPS) is 16.0. The van der Waals surface area contributed by atoms with Crippen molar-refractivity contribution in [3.05, 3.63) is 0 Å². The molecule has 0 bridgehead atoms. The van der Waals surface area contributed by atoms with Gasteiger partial charge in [0.05, 0.1) is 12.6 Å². The Morgan fingerprint density at radius 1 is 1.25 bits per heavy atom. The van der Waals surface area contributed by atoms with Gasteiger partial charge in [-0.25, -0.2) is 0 Å². The molecule has 0 aromatic carbocycles. The molecule has 0 rings (SSSR count). The third-order valence-corrected chi connectivity index (χ3v) is 2.84. The maximum Gasteiger partial charge on any atom is 0.223 e. The molecule has 3 heteroatoms. The Kier molecular flexibility index (Phi) is 6.01. The average Bonchev–Trinajstić information content (AvgIpc) is 2.13. The van der Waals surface area contributed by atoms with Gasteiger partial charge in [0.1, 0.15) is 0 Å². The van der Waals surface area contributed by atoms with Gasteiger partial charge in [0, 0.05) is 5.92 Å². The molecular formula is C13H27NO2. The summed E-state index contributed by atoms with van der Waals surface area (Å²) in [6.07, 6.45) is 0.792. The molecule has 1 amide bonds. The molecule has 2 unspecified atom stereocenters. The fourth-order valence-corrected chi connectivity index (χ4v) is 1.54. The van der Waals surface area contributed by atoms with Crippen molar-refractivity contribution in [3.63, 3.8) is 0 Å². The predicted octanol–water partition coefficient (Wildman–Crippen LogP) is 2.19. The summed E-state index contributed by atoms with van der Waals surface area (Å²) < 4.78 is 0. The first-order valence-corrected chi connectivity index (χ1v) is 6.08. The van der Waals surface area contributed by atoms with Crippen molar-refractivity contribution in [1.29, 1.82) is 0 Å². The van der Waals surface area contributed by atoms with Crippen LogP contribution in [0.4, 0.5) is 0 Å². The lowest BCUT2D eigenvalue weighted by Gasteiger charge is -2.27. The first-order chi connectivity index (χ1) is 7.17. The third-order valence-electron chi connectivity index (χ3n) is 2.84. The zero-order chi connectivity index (χ0) is 12.9. The summed E-state index contributed by atoms with van der Waals surface area (Å²) in [5.41, 5.74) is 0.113. The number of aliphatic hydroxyl groups is 1. The lowest BCUT2D eigenvalue weighted by molar-refractivity contribution is -0.126.